The van der Waals surface area contributed by atoms with E-state index in [0.29, 0.717) is 5.92 Å². The van der Waals surface area contributed by atoms with Crippen molar-refractivity contribution in [3.8, 4) is 0 Å². The van der Waals surface area contributed by atoms with Gasteiger partial charge in [-0.1, -0.05) is 26.0 Å². The number of rotatable bonds is 4. The van der Waals surface area contributed by atoms with E-state index in [1.165, 1.54) is 5.56 Å². The van der Waals surface area contributed by atoms with Crippen LogP contribution in [-0.4, -0.2) is 12.0 Å². The maximum absolute atomic E-state index is 4.17. The molecule has 2 N–H and O–H groups in total. The van der Waals surface area contributed by atoms with Crippen LogP contribution in [0, 0.1) is 0 Å². The number of anilines is 3. The molecule has 1 heterocycles. The van der Waals surface area contributed by atoms with E-state index in [2.05, 4.69) is 53.7 Å². The van der Waals surface area contributed by atoms with Crippen LogP contribution in [0.15, 0.2) is 42.7 Å². The highest BCUT2D eigenvalue weighted by atomic mass is 14.9. The molecule has 2 aromatic rings. The van der Waals surface area contributed by atoms with Crippen molar-refractivity contribution < 1.29 is 0 Å². The van der Waals surface area contributed by atoms with E-state index < -0.39 is 0 Å². The van der Waals surface area contributed by atoms with Crippen molar-refractivity contribution in [2.45, 2.75) is 19.8 Å². The molecular formula is C15H19N3. The van der Waals surface area contributed by atoms with Crippen LogP contribution >= 0.6 is 0 Å². The van der Waals surface area contributed by atoms with Gasteiger partial charge in [0.15, 0.2) is 0 Å². The predicted octanol–water partition coefficient (Wildman–Crippen LogP) is 3.99. The molecule has 0 amide bonds. The lowest BCUT2D eigenvalue weighted by molar-refractivity contribution is 0.867. The number of nitrogens with one attached hydrogen (secondary N) is 2. The van der Waals surface area contributed by atoms with Gasteiger partial charge in [0.25, 0.3) is 0 Å². The third-order valence-electron chi connectivity index (χ3n) is 2.89. The average molecular weight is 241 g/mol. The van der Waals surface area contributed by atoms with Crippen LogP contribution < -0.4 is 10.6 Å². The number of hydrogen-bond acceptors (Lipinski definition) is 3. The van der Waals surface area contributed by atoms with Gasteiger partial charge in [0.05, 0.1) is 23.8 Å². The Kier molecular flexibility index (Phi) is 3.82. The van der Waals surface area contributed by atoms with Crippen molar-refractivity contribution in [1.82, 2.24) is 4.98 Å². The van der Waals surface area contributed by atoms with Gasteiger partial charge in [0.1, 0.15) is 0 Å². The highest BCUT2D eigenvalue weighted by molar-refractivity contribution is 5.63. The quantitative estimate of drug-likeness (QED) is 0.849. The summed E-state index contributed by atoms with van der Waals surface area (Å²) in [6.45, 7) is 4.39. The Morgan fingerprint density at radius 3 is 2.22 bits per heavy atom. The van der Waals surface area contributed by atoms with Crippen LogP contribution in [-0.2, 0) is 0 Å². The van der Waals surface area contributed by atoms with Gasteiger partial charge >= 0.3 is 0 Å². The molecule has 2 rings (SSSR count). The van der Waals surface area contributed by atoms with Crippen molar-refractivity contribution in [2.24, 2.45) is 0 Å². The molecule has 0 saturated carbocycles. The summed E-state index contributed by atoms with van der Waals surface area (Å²) >= 11 is 0. The van der Waals surface area contributed by atoms with Crippen LogP contribution in [0.4, 0.5) is 17.1 Å². The molecule has 0 radical (unpaired) electrons. The minimum atomic E-state index is 0.563. The first kappa shape index (κ1) is 12.4. The van der Waals surface area contributed by atoms with Crippen LogP contribution in [0.3, 0.4) is 0 Å². The fourth-order valence-electron chi connectivity index (χ4n) is 1.76. The van der Waals surface area contributed by atoms with Crippen molar-refractivity contribution >= 4 is 17.1 Å². The highest BCUT2D eigenvalue weighted by Crippen LogP contribution is 2.21. The molecule has 18 heavy (non-hydrogen) atoms. The third kappa shape index (κ3) is 3.00. The van der Waals surface area contributed by atoms with Crippen LogP contribution in [0.25, 0.3) is 0 Å². The summed E-state index contributed by atoms with van der Waals surface area (Å²) in [6, 6.07) is 10.5. The van der Waals surface area contributed by atoms with E-state index in [-0.39, 0.29) is 0 Å². The molecule has 0 aliphatic heterocycles. The zero-order valence-electron chi connectivity index (χ0n) is 11.1. The molecule has 3 nitrogen and oxygen atoms in total. The monoisotopic (exact) mass is 241 g/mol. The van der Waals surface area contributed by atoms with Crippen molar-refractivity contribution in [1.29, 1.82) is 0 Å². The third-order valence-corrected chi connectivity index (χ3v) is 2.89. The van der Waals surface area contributed by atoms with Crippen LogP contribution in [0.2, 0.25) is 0 Å². The first-order chi connectivity index (χ1) is 8.69. The summed E-state index contributed by atoms with van der Waals surface area (Å²) < 4.78 is 0. The highest BCUT2D eigenvalue weighted by Gasteiger charge is 2.00. The number of benzene rings is 1. The summed E-state index contributed by atoms with van der Waals surface area (Å²) in [5.74, 6) is 0.563. The second-order valence-electron chi connectivity index (χ2n) is 4.61. The smallest absolute Gasteiger partial charge is 0.0591 e. The Balaban J connectivity index is 2.13. The summed E-state index contributed by atoms with van der Waals surface area (Å²) in [4.78, 5) is 4.17. The minimum absolute atomic E-state index is 0.563. The van der Waals surface area contributed by atoms with Gasteiger partial charge in [-0.05, 0) is 29.7 Å². The Bertz CT molecular complexity index is 503. The van der Waals surface area contributed by atoms with Crippen LogP contribution in [0.5, 0.6) is 0 Å². The molecule has 0 aliphatic carbocycles. The predicted molar refractivity (Wildman–Crippen MR) is 77.6 cm³/mol. The Hall–Kier alpha value is -2.03. The molecular weight excluding hydrogens is 222 g/mol. The molecule has 0 spiro atoms. The molecule has 1 aromatic heterocycles. The summed E-state index contributed by atoms with van der Waals surface area (Å²) in [5.41, 5.74) is 4.41. The fourth-order valence-corrected chi connectivity index (χ4v) is 1.76. The minimum Gasteiger partial charge on any atom is -0.387 e. The number of aromatic nitrogens is 1. The zero-order chi connectivity index (χ0) is 13.0. The second kappa shape index (κ2) is 5.54. The maximum Gasteiger partial charge on any atom is 0.0591 e. The maximum atomic E-state index is 4.17. The van der Waals surface area contributed by atoms with E-state index in [0.717, 1.165) is 17.1 Å². The van der Waals surface area contributed by atoms with Crippen molar-refractivity contribution in [3.05, 3.63) is 48.3 Å². The van der Waals surface area contributed by atoms with E-state index in [9.17, 15) is 0 Å². The van der Waals surface area contributed by atoms with Gasteiger partial charge in [0, 0.05) is 12.7 Å². The average Bonchev–Trinajstić information content (AvgIpc) is 2.39. The first-order valence-corrected chi connectivity index (χ1v) is 6.19. The topological polar surface area (TPSA) is 37.0 Å². The molecule has 0 unspecified atom stereocenters. The van der Waals surface area contributed by atoms with E-state index in [4.69, 9.17) is 0 Å². The summed E-state index contributed by atoms with van der Waals surface area (Å²) in [7, 11) is 1.89. The van der Waals surface area contributed by atoms with Crippen molar-refractivity contribution in [3.63, 3.8) is 0 Å². The van der Waals surface area contributed by atoms with Gasteiger partial charge < -0.3 is 10.6 Å². The zero-order valence-corrected chi connectivity index (χ0v) is 11.1. The SMILES string of the molecule is CNc1cncc(Nc2ccc(C(C)C)cc2)c1. The van der Waals surface area contributed by atoms with E-state index >= 15 is 0 Å². The summed E-state index contributed by atoms with van der Waals surface area (Å²) in [5, 5.41) is 6.42. The van der Waals surface area contributed by atoms with E-state index in [1.54, 1.807) is 6.20 Å². The molecule has 0 fully saturated rings. The van der Waals surface area contributed by atoms with E-state index in [1.807, 2.05) is 19.3 Å². The number of hydrogen-bond donors (Lipinski definition) is 2. The Labute approximate surface area is 108 Å². The first-order valence-electron chi connectivity index (χ1n) is 6.19. The van der Waals surface area contributed by atoms with Crippen molar-refractivity contribution in [2.75, 3.05) is 17.7 Å². The van der Waals surface area contributed by atoms with Crippen LogP contribution in [0.1, 0.15) is 25.3 Å². The fraction of sp³-hybridized carbons (Fsp3) is 0.267. The molecule has 1 aromatic carbocycles. The van der Waals surface area contributed by atoms with Gasteiger partial charge in [-0.25, -0.2) is 0 Å². The Morgan fingerprint density at radius 2 is 1.61 bits per heavy atom. The summed E-state index contributed by atoms with van der Waals surface area (Å²) in [6.07, 6.45) is 3.62. The molecule has 3 heteroatoms. The standard InChI is InChI=1S/C15H19N3/c1-11(2)12-4-6-13(7-5-12)18-15-8-14(16-3)9-17-10-15/h4-11,16,18H,1-3H3. The molecule has 0 aliphatic rings. The lowest BCUT2D eigenvalue weighted by atomic mass is 10.0. The lowest BCUT2D eigenvalue weighted by Crippen LogP contribution is -1.95. The number of nitrogens with zero attached hydrogens (tertiary/aromatic N) is 1. The largest absolute Gasteiger partial charge is 0.387 e. The molecule has 0 saturated heterocycles. The second-order valence-corrected chi connectivity index (χ2v) is 4.61. The number of pyridine rings is 1. The van der Waals surface area contributed by atoms with Gasteiger partial charge in [-0.3, -0.25) is 4.98 Å². The van der Waals surface area contributed by atoms with Gasteiger partial charge in [-0.2, -0.15) is 0 Å². The van der Waals surface area contributed by atoms with Gasteiger partial charge in [0.2, 0.25) is 0 Å². The lowest BCUT2D eigenvalue weighted by Gasteiger charge is -2.10. The molecule has 0 atom stereocenters. The Morgan fingerprint density at radius 1 is 0.944 bits per heavy atom. The molecule has 94 valence electrons. The van der Waals surface area contributed by atoms with Gasteiger partial charge in [-0.15, -0.1) is 0 Å². The molecule has 0 bridgehead atoms. The normalized spacial score (nSPS) is 10.4.